The molecule has 0 saturated heterocycles. The highest BCUT2D eigenvalue weighted by molar-refractivity contribution is 7.92. The average molecular weight is 302 g/mol. The lowest BCUT2D eigenvalue weighted by Crippen LogP contribution is -2.16. The zero-order chi connectivity index (χ0) is 14.2. The Kier molecular flexibility index (Phi) is 3.46. The number of nitrogens with one attached hydrogen (secondary N) is 1. The maximum Gasteiger partial charge on any atom is 0.267 e. The molecule has 0 unspecified atom stereocenters. The Morgan fingerprint density at radius 1 is 1.37 bits per heavy atom. The maximum atomic E-state index is 12.3. The highest BCUT2D eigenvalue weighted by Gasteiger charge is 2.24. The van der Waals surface area contributed by atoms with E-state index in [9.17, 15) is 8.42 Å². The predicted octanol–water partition coefficient (Wildman–Crippen LogP) is 1.28. The molecule has 0 aliphatic carbocycles. The molecule has 0 amide bonds. The number of sulfonamides is 1. The molecule has 0 fully saturated rings. The second-order valence-electron chi connectivity index (χ2n) is 3.93. The second kappa shape index (κ2) is 4.78. The third-order valence-corrected chi connectivity index (χ3v) is 4.35. The van der Waals surface area contributed by atoms with E-state index in [-0.39, 0.29) is 16.0 Å². The van der Waals surface area contributed by atoms with Crippen LogP contribution < -0.4 is 4.72 Å². The van der Waals surface area contributed by atoms with Gasteiger partial charge in [-0.1, -0.05) is 11.6 Å². The number of aromatic nitrogens is 4. The van der Waals surface area contributed by atoms with E-state index in [1.165, 1.54) is 16.9 Å². The fourth-order valence-corrected chi connectivity index (χ4v) is 3.23. The molecule has 2 rings (SSSR count). The van der Waals surface area contributed by atoms with Crippen molar-refractivity contribution in [2.24, 2.45) is 7.05 Å². The van der Waals surface area contributed by atoms with Crippen LogP contribution in [-0.2, 0) is 17.1 Å². The summed E-state index contributed by atoms with van der Waals surface area (Å²) < 4.78 is 28.3. The van der Waals surface area contributed by atoms with Gasteiger partial charge in [0.05, 0.1) is 11.4 Å². The summed E-state index contributed by atoms with van der Waals surface area (Å²) in [5, 5.41) is 4.23. The molecule has 2 aromatic rings. The molecule has 1 N–H and O–H groups in total. The fraction of sp³-hybridized carbons (Fsp3) is 0.300. The van der Waals surface area contributed by atoms with Crippen LogP contribution in [0.2, 0.25) is 5.15 Å². The van der Waals surface area contributed by atoms with Crippen LogP contribution in [0.3, 0.4) is 0 Å². The van der Waals surface area contributed by atoms with Gasteiger partial charge in [-0.15, -0.1) is 0 Å². The lowest BCUT2D eigenvalue weighted by atomic mass is 10.4. The van der Waals surface area contributed by atoms with Crippen molar-refractivity contribution in [3.05, 3.63) is 28.8 Å². The second-order valence-corrected chi connectivity index (χ2v) is 5.94. The number of halogens is 1. The molecule has 0 aliphatic heterocycles. The summed E-state index contributed by atoms with van der Waals surface area (Å²) in [5.41, 5.74) is 0.946. The van der Waals surface area contributed by atoms with Gasteiger partial charge in [0.2, 0.25) is 5.95 Å². The molecule has 0 atom stereocenters. The van der Waals surface area contributed by atoms with Crippen molar-refractivity contribution in [3.63, 3.8) is 0 Å². The first-order valence-corrected chi connectivity index (χ1v) is 7.19. The summed E-state index contributed by atoms with van der Waals surface area (Å²) in [6.45, 7) is 3.30. The molecule has 2 heterocycles. The maximum absolute atomic E-state index is 12.3. The summed E-state index contributed by atoms with van der Waals surface area (Å²) in [7, 11) is -2.11. The van der Waals surface area contributed by atoms with Crippen LogP contribution in [0, 0.1) is 13.8 Å². The molecule has 9 heteroatoms. The third kappa shape index (κ3) is 2.69. The quantitative estimate of drug-likeness (QED) is 0.863. The van der Waals surface area contributed by atoms with Crippen molar-refractivity contribution in [3.8, 4) is 0 Å². The minimum Gasteiger partial charge on any atom is -0.271 e. The van der Waals surface area contributed by atoms with Crippen molar-refractivity contribution in [2.75, 3.05) is 4.72 Å². The van der Waals surface area contributed by atoms with E-state index in [1.807, 2.05) is 0 Å². The third-order valence-electron chi connectivity index (χ3n) is 2.56. The SMILES string of the molecule is Cc1nn(C)c(C)c1S(=O)(=O)Nc1nccc(Cl)n1. The average Bonchev–Trinajstić information content (AvgIpc) is 2.52. The van der Waals surface area contributed by atoms with E-state index < -0.39 is 10.0 Å². The minimum absolute atomic E-state index is 0.0739. The minimum atomic E-state index is -3.79. The summed E-state index contributed by atoms with van der Waals surface area (Å²) >= 11 is 5.68. The molecular weight excluding hydrogens is 290 g/mol. The van der Waals surface area contributed by atoms with Gasteiger partial charge in [-0.2, -0.15) is 5.10 Å². The molecule has 0 aliphatic rings. The van der Waals surface area contributed by atoms with Crippen LogP contribution in [0.1, 0.15) is 11.4 Å². The Balaban J connectivity index is 2.44. The zero-order valence-electron chi connectivity index (χ0n) is 10.5. The monoisotopic (exact) mass is 301 g/mol. The van der Waals surface area contributed by atoms with E-state index >= 15 is 0 Å². The van der Waals surface area contributed by atoms with Gasteiger partial charge >= 0.3 is 0 Å². The summed E-state index contributed by atoms with van der Waals surface area (Å²) in [5.74, 6) is -0.0739. The van der Waals surface area contributed by atoms with Gasteiger partial charge in [0, 0.05) is 13.2 Å². The van der Waals surface area contributed by atoms with Gasteiger partial charge in [-0.25, -0.2) is 23.1 Å². The van der Waals surface area contributed by atoms with Gasteiger partial charge in [-0.3, -0.25) is 4.68 Å². The molecule has 0 spiro atoms. The standard InChI is InChI=1S/C10H12ClN5O2S/c1-6-9(7(2)16(3)14-6)19(17,18)15-10-12-5-4-8(11)13-10/h4-5H,1-3H3,(H,12,13,15). The van der Waals surface area contributed by atoms with Crippen LogP contribution in [-0.4, -0.2) is 28.2 Å². The van der Waals surface area contributed by atoms with E-state index in [2.05, 4.69) is 19.8 Å². The van der Waals surface area contributed by atoms with Crippen LogP contribution >= 0.6 is 11.6 Å². The molecular formula is C10H12ClN5O2S. The first-order chi connectivity index (χ1) is 8.81. The van der Waals surface area contributed by atoms with Crippen molar-refractivity contribution >= 4 is 27.6 Å². The smallest absolute Gasteiger partial charge is 0.267 e. The number of aryl methyl sites for hydroxylation is 2. The molecule has 0 aromatic carbocycles. The van der Waals surface area contributed by atoms with Crippen LogP contribution in [0.25, 0.3) is 0 Å². The van der Waals surface area contributed by atoms with Gasteiger partial charge in [-0.05, 0) is 19.9 Å². The van der Waals surface area contributed by atoms with Crippen LogP contribution in [0.4, 0.5) is 5.95 Å². The number of hydrogen-bond donors (Lipinski definition) is 1. The van der Waals surface area contributed by atoms with Crippen molar-refractivity contribution < 1.29 is 8.42 Å². The first-order valence-electron chi connectivity index (χ1n) is 5.33. The summed E-state index contributed by atoms with van der Waals surface area (Å²) in [6, 6.07) is 1.46. The Labute approximate surface area is 115 Å². The Morgan fingerprint density at radius 3 is 2.58 bits per heavy atom. The van der Waals surface area contributed by atoms with Gasteiger partial charge in [0.1, 0.15) is 10.0 Å². The normalized spacial score (nSPS) is 11.6. The lowest BCUT2D eigenvalue weighted by Gasteiger charge is -2.06. The Bertz CT molecular complexity index is 726. The molecule has 7 nitrogen and oxygen atoms in total. The molecule has 0 saturated carbocycles. The largest absolute Gasteiger partial charge is 0.271 e. The highest BCUT2D eigenvalue weighted by atomic mass is 35.5. The van der Waals surface area contributed by atoms with Crippen molar-refractivity contribution in [2.45, 2.75) is 18.7 Å². The topological polar surface area (TPSA) is 89.8 Å². The van der Waals surface area contributed by atoms with Crippen LogP contribution in [0.15, 0.2) is 17.2 Å². The zero-order valence-corrected chi connectivity index (χ0v) is 12.1. The fourth-order valence-electron chi connectivity index (χ4n) is 1.70. The molecule has 19 heavy (non-hydrogen) atoms. The van der Waals surface area contributed by atoms with Crippen molar-refractivity contribution in [1.82, 2.24) is 19.7 Å². The van der Waals surface area contributed by atoms with E-state index in [4.69, 9.17) is 11.6 Å². The van der Waals surface area contributed by atoms with E-state index in [0.29, 0.717) is 11.4 Å². The first kappa shape index (κ1) is 13.8. The van der Waals surface area contributed by atoms with E-state index in [1.54, 1.807) is 20.9 Å². The Morgan fingerprint density at radius 2 is 2.05 bits per heavy atom. The van der Waals surface area contributed by atoms with Crippen molar-refractivity contribution in [1.29, 1.82) is 0 Å². The molecule has 2 aromatic heterocycles. The van der Waals surface area contributed by atoms with Gasteiger partial charge in [0.25, 0.3) is 10.0 Å². The number of rotatable bonds is 3. The molecule has 0 radical (unpaired) electrons. The predicted molar refractivity (Wildman–Crippen MR) is 70.5 cm³/mol. The molecule has 0 bridgehead atoms. The number of anilines is 1. The Hall–Kier alpha value is -1.67. The lowest BCUT2D eigenvalue weighted by molar-refractivity contribution is 0.599. The van der Waals surface area contributed by atoms with Crippen LogP contribution in [0.5, 0.6) is 0 Å². The number of nitrogens with zero attached hydrogens (tertiary/aromatic N) is 4. The highest BCUT2D eigenvalue weighted by Crippen LogP contribution is 2.20. The summed E-state index contributed by atoms with van der Waals surface area (Å²) in [4.78, 5) is 7.71. The summed E-state index contributed by atoms with van der Waals surface area (Å²) in [6.07, 6.45) is 1.37. The van der Waals surface area contributed by atoms with Gasteiger partial charge < -0.3 is 0 Å². The van der Waals surface area contributed by atoms with E-state index in [0.717, 1.165) is 0 Å². The molecule has 102 valence electrons. The number of hydrogen-bond acceptors (Lipinski definition) is 5. The van der Waals surface area contributed by atoms with Gasteiger partial charge in [0.15, 0.2) is 0 Å².